The van der Waals surface area contributed by atoms with E-state index in [1.165, 1.54) is 0 Å². The molecule has 0 fully saturated rings. The van der Waals surface area contributed by atoms with E-state index in [2.05, 4.69) is 108 Å². The van der Waals surface area contributed by atoms with Crippen LogP contribution < -0.4 is 0 Å². The lowest BCUT2D eigenvalue weighted by molar-refractivity contribution is 1.18. The fourth-order valence-corrected chi connectivity index (χ4v) is 5.87. The highest BCUT2D eigenvalue weighted by Crippen LogP contribution is 2.41. The van der Waals surface area contributed by atoms with Crippen LogP contribution in [-0.2, 0) is 0 Å². The van der Waals surface area contributed by atoms with Gasteiger partial charge in [0.1, 0.15) is 0 Å². The predicted molar refractivity (Wildman–Crippen MR) is 167 cm³/mol. The van der Waals surface area contributed by atoms with Gasteiger partial charge in [0.2, 0.25) is 0 Å². The van der Waals surface area contributed by atoms with Crippen LogP contribution in [0.4, 0.5) is 0 Å². The molecule has 1 heterocycles. The van der Waals surface area contributed by atoms with Crippen molar-refractivity contribution in [3.05, 3.63) is 151 Å². The van der Waals surface area contributed by atoms with Crippen LogP contribution in [0, 0.1) is 22.7 Å². The third-order valence-electron chi connectivity index (χ3n) is 7.66. The van der Waals surface area contributed by atoms with Crippen LogP contribution >= 0.6 is 0 Å². The van der Waals surface area contributed by atoms with Gasteiger partial charge in [-0.15, -0.1) is 0 Å². The van der Waals surface area contributed by atoms with Crippen molar-refractivity contribution in [2.24, 2.45) is 0 Å². The Kier molecular flexibility index (Phi) is 5.90. The first-order valence-corrected chi connectivity index (χ1v) is 13.5. The number of para-hydroxylation sites is 1. The van der Waals surface area contributed by atoms with Gasteiger partial charge in [0, 0.05) is 22.0 Å². The number of rotatable bonds is 4. The minimum absolute atomic E-state index is 0.491. The van der Waals surface area contributed by atoms with Gasteiger partial charge in [0.15, 0.2) is 0 Å². The summed E-state index contributed by atoms with van der Waals surface area (Å²) in [7, 11) is 0. The molecule has 0 spiro atoms. The van der Waals surface area contributed by atoms with Crippen LogP contribution in [0.1, 0.15) is 11.1 Å². The van der Waals surface area contributed by atoms with Gasteiger partial charge in [-0.2, -0.15) is 10.5 Å². The Hall–Kier alpha value is -5.90. The Bertz CT molecular complexity index is 2070. The molecule has 0 unspecified atom stereocenters. The van der Waals surface area contributed by atoms with Gasteiger partial charge in [-0.25, -0.2) is 0 Å². The molecule has 41 heavy (non-hydrogen) atoms. The lowest BCUT2D eigenvalue weighted by atomic mass is 9.92. The van der Waals surface area contributed by atoms with Crippen LogP contribution in [0.2, 0.25) is 0 Å². The minimum atomic E-state index is 0.491. The summed E-state index contributed by atoms with van der Waals surface area (Å²) in [5, 5.41) is 22.1. The largest absolute Gasteiger partial charge is 0.309 e. The molecule has 1 aromatic heterocycles. The minimum Gasteiger partial charge on any atom is -0.309 e. The van der Waals surface area contributed by atoms with Crippen molar-refractivity contribution >= 4 is 21.8 Å². The van der Waals surface area contributed by atoms with Crippen molar-refractivity contribution in [3.8, 4) is 51.2 Å². The van der Waals surface area contributed by atoms with Crippen molar-refractivity contribution < 1.29 is 0 Å². The topological polar surface area (TPSA) is 52.5 Å². The van der Waals surface area contributed by atoms with E-state index in [4.69, 9.17) is 0 Å². The zero-order chi connectivity index (χ0) is 27.8. The zero-order valence-electron chi connectivity index (χ0n) is 22.1. The van der Waals surface area contributed by atoms with Crippen LogP contribution in [0.25, 0.3) is 60.9 Å². The summed E-state index contributed by atoms with van der Waals surface area (Å²) in [6.07, 6.45) is 0. The van der Waals surface area contributed by atoms with E-state index in [-0.39, 0.29) is 0 Å². The maximum atomic E-state index is 9.98. The molecule has 3 heteroatoms. The van der Waals surface area contributed by atoms with Gasteiger partial charge in [-0.05, 0) is 70.3 Å². The van der Waals surface area contributed by atoms with E-state index >= 15 is 0 Å². The van der Waals surface area contributed by atoms with Crippen LogP contribution in [0.15, 0.2) is 140 Å². The van der Waals surface area contributed by atoms with Gasteiger partial charge in [0.25, 0.3) is 0 Å². The molecular weight excluding hydrogens is 498 g/mol. The molecule has 0 aliphatic rings. The quantitative estimate of drug-likeness (QED) is 0.232. The van der Waals surface area contributed by atoms with Crippen molar-refractivity contribution in [2.45, 2.75) is 0 Å². The molecule has 0 aliphatic heterocycles. The molecule has 0 radical (unpaired) electrons. The molecule has 0 atom stereocenters. The summed E-state index contributed by atoms with van der Waals surface area (Å²) < 4.78 is 2.30. The second-order valence-electron chi connectivity index (χ2n) is 10.0. The molecule has 7 aromatic rings. The summed E-state index contributed by atoms with van der Waals surface area (Å²) in [6.45, 7) is 0. The highest BCUT2D eigenvalue weighted by Gasteiger charge is 2.20. The van der Waals surface area contributed by atoms with Crippen LogP contribution in [0.3, 0.4) is 0 Å². The average molecular weight is 522 g/mol. The number of hydrogen-bond acceptors (Lipinski definition) is 2. The summed E-state index contributed by atoms with van der Waals surface area (Å²) in [5.74, 6) is 0. The van der Waals surface area contributed by atoms with E-state index in [1.54, 1.807) is 18.2 Å². The highest BCUT2D eigenvalue weighted by atomic mass is 15.0. The van der Waals surface area contributed by atoms with Crippen molar-refractivity contribution in [2.75, 3.05) is 0 Å². The highest BCUT2D eigenvalue weighted by molar-refractivity contribution is 6.16. The van der Waals surface area contributed by atoms with Crippen LogP contribution in [-0.4, -0.2) is 4.57 Å². The smallest absolute Gasteiger partial charge is 0.0998 e. The molecule has 0 saturated carbocycles. The first-order valence-electron chi connectivity index (χ1n) is 13.5. The van der Waals surface area contributed by atoms with E-state index in [1.807, 2.05) is 30.3 Å². The number of hydrogen-bond donors (Lipinski definition) is 0. The van der Waals surface area contributed by atoms with Crippen molar-refractivity contribution in [1.82, 2.24) is 4.57 Å². The molecule has 0 amide bonds. The van der Waals surface area contributed by atoms with Crippen molar-refractivity contribution in [1.29, 1.82) is 10.5 Å². The molecule has 0 N–H and O–H groups in total. The summed E-state index contributed by atoms with van der Waals surface area (Å²) in [4.78, 5) is 0. The normalized spacial score (nSPS) is 10.9. The number of benzene rings is 6. The molecule has 190 valence electrons. The maximum Gasteiger partial charge on any atom is 0.0998 e. The summed E-state index contributed by atoms with van der Waals surface area (Å²) >= 11 is 0. The van der Waals surface area contributed by atoms with Gasteiger partial charge in [-0.3, -0.25) is 0 Å². The number of fused-ring (bicyclic) bond motifs is 3. The third-order valence-corrected chi connectivity index (χ3v) is 7.66. The van der Waals surface area contributed by atoms with E-state index in [0.717, 1.165) is 55.3 Å². The SMILES string of the molecule is N#Cc1cccc(C#N)c1-c1cccc2c1c1ccccc1n2-c1cc(-c2ccccc2)cc(-c2ccccc2)c1. The lowest BCUT2D eigenvalue weighted by Gasteiger charge is -2.14. The van der Waals surface area contributed by atoms with E-state index in [9.17, 15) is 10.5 Å². The molecule has 3 nitrogen and oxygen atoms in total. The number of aromatic nitrogens is 1. The number of nitrogens with zero attached hydrogens (tertiary/aromatic N) is 3. The van der Waals surface area contributed by atoms with Gasteiger partial charge >= 0.3 is 0 Å². The van der Waals surface area contributed by atoms with Gasteiger partial charge < -0.3 is 4.57 Å². The monoisotopic (exact) mass is 521 g/mol. The van der Waals surface area contributed by atoms with Crippen molar-refractivity contribution in [3.63, 3.8) is 0 Å². The first-order chi connectivity index (χ1) is 20.3. The van der Waals surface area contributed by atoms with E-state index in [0.29, 0.717) is 16.7 Å². The Morgan fingerprint density at radius 2 is 1.00 bits per heavy atom. The van der Waals surface area contributed by atoms with Crippen LogP contribution in [0.5, 0.6) is 0 Å². The molecular formula is C38H23N3. The zero-order valence-corrected chi connectivity index (χ0v) is 22.1. The van der Waals surface area contributed by atoms with Gasteiger partial charge in [0.05, 0.1) is 34.3 Å². The third kappa shape index (κ3) is 4.05. The van der Waals surface area contributed by atoms with Gasteiger partial charge in [-0.1, -0.05) is 97.1 Å². The second-order valence-corrected chi connectivity index (χ2v) is 10.0. The summed E-state index contributed by atoms with van der Waals surface area (Å²) in [5.41, 5.74) is 10.2. The lowest BCUT2D eigenvalue weighted by Crippen LogP contribution is -1.96. The predicted octanol–water partition coefficient (Wildman–Crippen LogP) is 9.53. The van der Waals surface area contributed by atoms with E-state index < -0.39 is 0 Å². The average Bonchev–Trinajstić information content (AvgIpc) is 3.39. The molecule has 6 aromatic carbocycles. The fourth-order valence-electron chi connectivity index (χ4n) is 5.87. The summed E-state index contributed by atoms with van der Waals surface area (Å²) in [6, 6.07) is 52.1. The molecule has 7 rings (SSSR count). The Labute approximate surface area is 238 Å². The molecule has 0 bridgehead atoms. The number of nitriles is 2. The second kappa shape index (κ2) is 10.0. The Balaban J connectivity index is 1.59. The molecule has 0 saturated heterocycles. The Morgan fingerprint density at radius 3 is 1.61 bits per heavy atom. The Morgan fingerprint density at radius 1 is 0.463 bits per heavy atom. The standard InChI is InChI=1S/C38H23N3/c39-24-28-15-9-16-29(25-40)37(28)34-18-10-20-36-38(34)33-17-7-8-19-35(33)41(36)32-22-30(26-11-3-1-4-12-26)21-31(23-32)27-13-5-2-6-14-27/h1-23H. The fraction of sp³-hybridized carbons (Fsp3) is 0. The maximum absolute atomic E-state index is 9.98. The first kappa shape index (κ1) is 24.2. The molecule has 0 aliphatic carbocycles.